The molecule has 1 aromatic heterocycles. The number of hydrogen-bond acceptors (Lipinski definition) is 3. The molecule has 1 aromatic rings. The summed E-state index contributed by atoms with van der Waals surface area (Å²) in [6, 6.07) is 2.00. The Morgan fingerprint density at radius 1 is 1.47 bits per heavy atom. The number of aromatic nitrogens is 1. The number of amidine groups is 1. The van der Waals surface area contributed by atoms with Gasteiger partial charge in [-0.05, 0) is 25.0 Å². The molecule has 1 fully saturated rings. The van der Waals surface area contributed by atoms with Gasteiger partial charge in [-0.1, -0.05) is 0 Å². The number of halogens is 3. The van der Waals surface area contributed by atoms with Crippen molar-refractivity contribution in [2.75, 3.05) is 18.0 Å². The van der Waals surface area contributed by atoms with Crippen molar-refractivity contribution < 1.29 is 13.2 Å². The maximum Gasteiger partial charge on any atom is 0.416 e. The molecule has 0 aromatic carbocycles. The lowest BCUT2D eigenvalue weighted by Crippen LogP contribution is -2.41. The van der Waals surface area contributed by atoms with E-state index in [1.54, 1.807) is 4.90 Å². The van der Waals surface area contributed by atoms with E-state index in [4.69, 9.17) is 11.1 Å². The van der Waals surface area contributed by atoms with Gasteiger partial charge in [-0.15, -0.1) is 0 Å². The predicted octanol–water partition coefficient (Wildman–Crippen LogP) is 2.25. The van der Waals surface area contributed by atoms with Crippen LogP contribution in [0.3, 0.4) is 0 Å². The van der Waals surface area contributed by atoms with E-state index in [-0.39, 0.29) is 11.8 Å². The van der Waals surface area contributed by atoms with Crippen molar-refractivity contribution in [2.24, 2.45) is 11.7 Å². The average Bonchev–Trinajstić information content (AvgIpc) is 2.38. The lowest BCUT2D eigenvalue weighted by Gasteiger charge is -2.33. The molecule has 2 heterocycles. The molecular weight excluding hydrogens is 257 g/mol. The van der Waals surface area contributed by atoms with Gasteiger partial charge in [0.2, 0.25) is 0 Å². The van der Waals surface area contributed by atoms with Crippen molar-refractivity contribution in [2.45, 2.75) is 19.0 Å². The van der Waals surface area contributed by atoms with Gasteiger partial charge in [0.25, 0.3) is 0 Å². The summed E-state index contributed by atoms with van der Waals surface area (Å²) >= 11 is 0. The van der Waals surface area contributed by atoms with Crippen LogP contribution in [0.1, 0.15) is 18.4 Å². The third kappa shape index (κ3) is 3.15. The van der Waals surface area contributed by atoms with Crippen molar-refractivity contribution >= 4 is 11.7 Å². The molecule has 1 unspecified atom stereocenters. The van der Waals surface area contributed by atoms with Crippen LogP contribution in [0.5, 0.6) is 0 Å². The number of nitrogens with one attached hydrogen (secondary N) is 1. The maximum absolute atomic E-state index is 12.6. The summed E-state index contributed by atoms with van der Waals surface area (Å²) in [6.45, 7) is 1.09. The Kier molecular flexibility index (Phi) is 3.64. The number of piperidine rings is 1. The molecule has 0 spiro atoms. The van der Waals surface area contributed by atoms with E-state index in [2.05, 4.69) is 4.98 Å². The third-order valence-electron chi connectivity index (χ3n) is 3.26. The number of anilines is 1. The van der Waals surface area contributed by atoms with E-state index in [1.807, 2.05) is 0 Å². The normalized spacial score (nSPS) is 20.4. The van der Waals surface area contributed by atoms with E-state index >= 15 is 0 Å². The lowest BCUT2D eigenvalue weighted by atomic mass is 9.97. The topological polar surface area (TPSA) is 66.0 Å². The molecule has 0 bridgehead atoms. The van der Waals surface area contributed by atoms with E-state index in [1.165, 1.54) is 0 Å². The van der Waals surface area contributed by atoms with E-state index < -0.39 is 11.7 Å². The van der Waals surface area contributed by atoms with E-state index in [0.717, 1.165) is 31.2 Å². The minimum Gasteiger partial charge on any atom is -0.387 e. The van der Waals surface area contributed by atoms with Crippen molar-refractivity contribution in [1.82, 2.24) is 4.98 Å². The smallest absolute Gasteiger partial charge is 0.387 e. The highest BCUT2D eigenvalue weighted by molar-refractivity contribution is 5.80. The Hall–Kier alpha value is -1.79. The first kappa shape index (κ1) is 13.6. The number of nitrogens with zero attached hydrogens (tertiary/aromatic N) is 2. The van der Waals surface area contributed by atoms with Crippen LogP contribution < -0.4 is 10.6 Å². The zero-order valence-electron chi connectivity index (χ0n) is 10.2. The summed E-state index contributed by atoms with van der Waals surface area (Å²) in [6.07, 6.45) is -1.62. The molecule has 1 saturated heterocycles. The highest BCUT2D eigenvalue weighted by Crippen LogP contribution is 2.31. The average molecular weight is 272 g/mol. The molecule has 0 radical (unpaired) electrons. The van der Waals surface area contributed by atoms with Crippen LogP contribution in [-0.4, -0.2) is 23.9 Å². The fourth-order valence-corrected chi connectivity index (χ4v) is 2.21. The minimum atomic E-state index is -4.37. The van der Waals surface area contributed by atoms with Crippen molar-refractivity contribution in [3.63, 3.8) is 0 Å². The monoisotopic (exact) mass is 272 g/mol. The van der Waals surface area contributed by atoms with Gasteiger partial charge >= 0.3 is 6.18 Å². The largest absolute Gasteiger partial charge is 0.416 e. The Bertz CT molecular complexity index is 472. The second-order valence-corrected chi connectivity index (χ2v) is 4.64. The second kappa shape index (κ2) is 5.07. The van der Waals surface area contributed by atoms with Gasteiger partial charge < -0.3 is 10.6 Å². The maximum atomic E-state index is 12.6. The molecule has 1 atom stereocenters. The summed E-state index contributed by atoms with van der Waals surface area (Å²) in [4.78, 5) is 5.74. The molecule has 4 nitrogen and oxygen atoms in total. The Morgan fingerprint density at radius 2 is 2.21 bits per heavy atom. The first-order valence-corrected chi connectivity index (χ1v) is 6.00. The van der Waals surface area contributed by atoms with Crippen LogP contribution in [0.25, 0.3) is 0 Å². The van der Waals surface area contributed by atoms with Gasteiger partial charge in [0.1, 0.15) is 5.82 Å². The molecule has 19 heavy (non-hydrogen) atoms. The molecule has 3 N–H and O–H groups in total. The molecule has 2 rings (SSSR count). The van der Waals surface area contributed by atoms with Gasteiger partial charge in [0, 0.05) is 25.2 Å². The predicted molar refractivity (Wildman–Crippen MR) is 66.1 cm³/mol. The van der Waals surface area contributed by atoms with Gasteiger partial charge in [-0.2, -0.15) is 13.2 Å². The van der Waals surface area contributed by atoms with Crippen LogP contribution in [-0.2, 0) is 6.18 Å². The van der Waals surface area contributed by atoms with Crippen molar-refractivity contribution in [3.8, 4) is 0 Å². The lowest BCUT2D eigenvalue weighted by molar-refractivity contribution is -0.137. The Balaban J connectivity index is 2.20. The standard InChI is InChI=1S/C12H15F3N4/c13-12(14,15)9-3-4-18-10(6-9)19-5-1-2-8(7-19)11(16)17/h3-4,6,8H,1-2,5,7H2,(H3,16,17). The van der Waals surface area contributed by atoms with Crippen LogP contribution in [0.4, 0.5) is 19.0 Å². The molecule has 0 saturated carbocycles. The zero-order chi connectivity index (χ0) is 14.0. The van der Waals surface area contributed by atoms with Crippen LogP contribution in [0.2, 0.25) is 0 Å². The Morgan fingerprint density at radius 3 is 2.84 bits per heavy atom. The van der Waals surface area contributed by atoms with E-state index in [0.29, 0.717) is 18.9 Å². The SMILES string of the molecule is N=C(N)C1CCCN(c2cc(C(F)(F)F)ccn2)C1. The fraction of sp³-hybridized carbons (Fsp3) is 0.500. The summed E-state index contributed by atoms with van der Waals surface area (Å²) in [7, 11) is 0. The van der Waals surface area contributed by atoms with Crippen molar-refractivity contribution in [3.05, 3.63) is 23.9 Å². The molecule has 1 aliphatic rings. The van der Waals surface area contributed by atoms with Gasteiger partial charge in [-0.25, -0.2) is 4.98 Å². The van der Waals surface area contributed by atoms with Gasteiger partial charge in [0.15, 0.2) is 0 Å². The molecule has 104 valence electrons. The van der Waals surface area contributed by atoms with Crippen LogP contribution >= 0.6 is 0 Å². The number of rotatable bonds is 2. The molecule has 0 amide bonds. The highest BCUT2D eigenvalue weighted by Gasteiger charge is 2.32. The third-order valence-corrected chi connectivity index (χ3v) is 3.26. The first-order valence-electron chi connectivity index (χ1n) is 6.00. The minimum absolute atomic E-state index is 0.0803. The summed E-state index contributed by atoms with van der Waals surface area (Å²) in [5.74, 6) is 0.266. The summed E-state index contributed by atoms with van der Waals surface area (Å²) < 4.78 is 37.9. The van der Waals surface area contributed by atoms with Crippen molar-refractivity contribution in [1.29, 1.82) is 5.41 Å². The summed E-state index contributed by atoms with van der Waals surface area (Å²) in [5, 5.41) is 7.43. The number of nitrogens with two attached hydrogens (primary N) is 1. The van der Waals surface area contributed by atoms with Crippen LogP contribution in [0, 0.1) is 11.3 Å². The Labute approximate surface area is 108 Å². The van der Waals surface area contributed by atoms with Gasteiger partial charge in [-0.3, -0.25) is 5.41 Å². The van der Waals surface area contributed by atoms with Gasteiger partial charge in [0.05, 0.1) is 11.4 Å². The molecule has 0 aliphatic carbocycles. The number of hydrogen-bond donors (Lipinski definition) is 2. The second-order valence-electron chi connectivity index (χ2n) is 4.64. The summed E-state index contributed by atoms with van der Waals surface area (Å²) in [5.41, 5.74) is 4.76. The quantitative estimate of drug-likeness (QED) is 0.641. The van der Waals surface area contributed by atoms with E-state index in [9.17, 15) is 13.2 Å². The number of pyridine rings is 1. The molecule has 7 heteroatoms. The highest BCUT2D eigenvalue weighted by atomic mass is 19.4. The first-order chi connectivity index (χ1) is 8.88. The van der Waals surface area contributed by atoms with Crippen LogP contribution in [0.15, 0.2) is 18.3 Å². The fourth-order valence-electron chi connectivity index (χ4n) is 2.21. The zero-order valence-corrected chi connectivity index (χ0v) is 10.2. The molecule has 1 aliphatic heterocycles. The molecular formula is C12H15F3N4. The number of alkyl halides is 3.